The summed E-state index contributed by atoms with van der Waals surface area (Å²) in [5.41, 5.74) is 6.25. The highest BCUT2D eigenvalue weighted by molar-refractivity contribution is 4.89. The van der Waals surface area contributed by atoms with Crippen LogP contribution in [0.15, 0.2) is 0 Å². The fraction of sp³-hybridized carbons (Fsp3) is 1.00. The number of hydrogen-bond acceptors (Lipinski definition) is 3. The Bertz CT molecular complexity index is 242. The minimum Gasteiger partial charge on any atom is -0.327 e. The first-order chi connectivity index (χ1) is 8.08. The number of nitrogens with two attached hydrogens (primary N) is 1. The zero-order valence-corrected chi connectivity index (χ0v) is 11.7. The van der Waals surface area contributed by atoms with Crippen molar-refractivity contribution in [3.8, 4) is 0 Å². The molecule has 1 saturated heterocycles. The van der Waals surface area contributed by atoms with E-state index in [4.69, 9.17) is 5.73 Å². The van der Waals surface area contributed by atoms with Gasteiger partial charge in [0.2, 0.25) is 0 Å². The van der Waals surface area contributed by atoms with Gasteiger partial charge >= 0.3 is 0 Å². The van der Waals surface area contributed by atoms with Crippen LogP contribution in [0.4, 0.5) is 0 Å². The maximum Gasteiger partial charge on any atom is 0.0254 e. The highest BCUT2D eigenvalue weighted by Crippen LogP contribution is 2.27. The number of nitrogens with zero attached hydrogens (tertiary/aromatic N) is 2. The van der Waals surface area contributed by atoms with Crippen molar-refractivity contribution in [1.82, 2.24) is 9.80 Å². The monoisotopic (exact) mass is 239 g/mol. The second-order valence-electron chi connectivity index (χ2n) is 6.44. The first-order valence-electron chi connectivity index (χ1n) is 7.22. The molecule has 1 aliphatic heterocycles. The average molecular weight is 239 g/mol. The first-order valence-corrected chi connectivity index (χ1v) is 7.22. The molecular weight excluding hydrogens is 210 g/mol. The fourth-order valence-corrected chi connectivity index (χ4v) is 3.66. The Morgan fingerprint density at radius 2 is 1.88 bits per heavy atom. The number of likely N-dealkylation sites (N-methyl/N-ethyl adjacent to an activating group) is 1. The smallest absolute Gasteiger partial charge is 0.0254 e. The van der Waals surface area contributed by atoms with Crippen LogP contribution in [0.25, 0.3) is 0 Å². The molecular formula is C14H29N3. The van der Waals surface area contributed by atoms with E-state index in [-0.39, 0.29) is 0 Å². The lowest BCUT2D eigenvalue weighted by atomic mass is 9.85. The SMILES string of the molecule is CC1CN(CC2CCCCC2N)CC1N(C)C. The van der Waals surface area contributed by atoms with E-state index < -0.39 is 0 Å². The molecule has 100 valence electrons. The van der Waals surface area contributed by atoms with E-state index in [1.807, 2.05) is 0 Å². The zero-order valence-electron chi connectivity index (χ0n) is 11.7. The summed E-state index contributed by atoms with van der Waals surface area (Å²) in [6, 6.07) is 1.19. The second kappa shape index (κ2) is 5.68. The van der Waals surface area contributed by atoms with Gasteiger partial charge in [0.15, 0.2) is 0 Å². The summed E-state index contributed by atoms with van der Waals surface area (Å²) < 4.78 is 0. The molecule has 0 aromatic rings. The highest BCUT2D eigenvalue weighted by Gasteiger charge is 2.33. The maximum absolute atomic E-state index is 6.25. The molecule has 2 rings (SSSR count). The summed E-state index contributed by atoms with van der Waals surface area (Å²) in [5.74, 6) is 1.54. The Hall–Kier alpha value is -0.120. The third kappa shape index (κ3) is 3.21. The van der Waals surface area contributed by atoms with Gasteiger partial charge in [-0.1, -0.05) is 19.8 Å². The number of hydrogen-bond donors (Lipinski definition) is 1. The normalized spacial score (nSPS) is 40.1. The van der Waals surface area contributed by atoms with Gasteiger partial charge in [0.25, 0.3) is 0 Å². The van der Waals surface area contributed by atoms with Crippen LogP contribution in [-0.2, 0) is 0 Å². The Labute approximate surface area is 106 Å². The minimum atomic E-state index is 0.456. The van der Waals surface area contributed by atoms with E-state index in [0.717, 1.165) is 17.9 Å². The third-order valence-corrected chi connectivity index (χ3v) is 4.77. The quantitative estimate of drug-likeness (QED) is 0.808. The number of likely N-dealkylation sites (tertiary alicyclic amines) is 1. The van der Waals surface area contributed by atoms with Crippen LogP contribution in [0.5, 0.6) is 0 Å². The Morgan fingerprint density at radius 1 is 1.18 bits per heavy atom. The molecule has 0 aromatic heterocycles. The van der Waals surface area contributed by atoms with Crippen LogP contribution in [0.3, 0.4) is 0 Å². The Morgan fingerprint density at radius 3 is 2.47 bits per heavy atom. The van der Waals surface area contributed by atoms with Gasteiger partial charge in [-0.2, -0.15) is 0 Å². The van der Waals surface area contributed by atoms with Crippen LogP contribution >= 0.6 is 0 Å². The summed E-state index contributed by atoms with van der Waals surface area (Å²) in [6.45, 7) is 6.10. The Kier molecular flexibility index (Phi) is 4.45. The van der Waals surface area contributed by atoms with Crippen molar-refractivity contribution in [2.75, 3.05) is 33.7 Å². The highest BCUT2D eigenvalue weighted by atomic mass is 15.2. The summed E-state index contributed by atoms with van der Waals surface area (Å²) in [4.78, 5) is 5.02. The lowest BCUT2D eigenvalue weighted by Crippen LogP contribution is -2.41. The van der Waals surface area contributed by atoms with Crippen molar-refractivity contribution in [1.29, 1.82) is 0 Å². The topological polar surface area (TPSA) is 32.5 Å². The predicted octanol–water partition coefficient (Wildman–Crippen LogP) is 1.39. The van der Waals surface area contributed by atoms with E-state index >= 15 is 0 Å². The van der Waals surface area contributed by atoms with Crippen molar-refractivity contribution in [3.05, 3.63) is 0 Å². The molecule has 4 atom stereocenters. The van der Waals surface area contributed by atoms with Crippen LogP contribution < -0.4 is 5.73 Å². The lowest BCUT2D eigenvalue weighted by Gasteiger charge is -2.32. The van der Waals surface area contributed by atoms with Crippen molar-refractivity contribution in [2.24, 2.45) is 17.6 Å². The molecule has 3 heteroatoms. The maximum atomic E-state index is 6.25. The van der Waals surface area contributed by atoms with E-state index in [0.29, 0.717) is 6.04 Å². The first kappa shape index (κ1) is 13.3. The molecule has 0 radical (unpaired) electrons. The van der Waals surface area contributed by atoms with E-state index in [1.54, 1.807) is 0 Å². The van der Waals surface area contributed by atoms with Gasteiger partial charge in [0, 0.05) is 31.7 Å². The minimum absolute atomic E-state index is 0.456. The third-order valence-electron chi connectivity index (χ3n) is 4.77. The van der Waals surface area contributed by atoms with Gasteiger partial charge < -0.3 is 15.5 Å². The van der Waals surface area contributed by atoms with Crippen LogP contribution in [0.1, 0.15) is 32.6 Å². The lowest BCUT2D eigenvalue weighted by molar-refractivity contribution is 0.198. The van der Waals surface area contributed by atoms with Gasteiger partial charge in [-0.3, -0.25) is 0 Å². The van der Waals surface area contributed by atoms with Crippen LogP contribution in [-0.4, -0.2) is 55.6 Å². The molecule has 0 spiro atoms. The molecule has 0 aromatic carbocycles. The molecule has 0 amide bonds. The predicted molar refractivity (Wildman–Crippen MR) is 73.0 cm³/mol. The van der Waals surface area contributed by atoms with Crippen molar-refractivity contribution in [3.63, 3.8) is 0 Å². The molecule has 3 nitrogen and oxygen atoms in total. The molecule has 2 fully saturated rings. The van der Waals surface area contributed by atoms with E-state index in [9.17, 15) is 0 Å². The van der Waals surface area contributed by atoms with Gasteiger partial charge in [-0.15, -0.1) is 0 Å². The van der Waals surface area contributed by atoms with Gasteiger partial charge in [0.05, 0.1) is 0 Å². The molecule has 1 saturated carbocycles. The van der Waals surface area contributed by atoms with E-state index in [2.05, 4.69) is 30.8 Å². The van der Waals surface area contributed by atoms with Crippen LogP contribution in [0, 0.1) is 11.8 Å². The molecule has 2 aliphatic rings. The van der Waals surface area contributed by atoms with Crippen molar-refractivity contribution in [2.45, 2.75) is 44.7 Å². The van der Waals surface area contributed by atoms with Crippen molar-refractivity contribution >= 4 is 0 Å². The number of rotatable bonds is 3. The zero-order chi connectivity index (χ0) is 12.4. The molecule has 1 heterocycles. The summed E-state index contributed by atoms with van der Waals surface area (Å²) >= 11 is 0. The Balaban J connectivity index is 1.84. The van der Waals surface area contributed by atoms with Gasteiger partial charge in [-0.05, 0) is 38.8 Å². The molecule has 2 N–H and O–H groups in total. The summed E-state index contributed by atoms with van der Waals surface area (Å²) in [5, 5.41) is 0. The largest absolute Gasteiger partial charge is 0.327 e. The van der Waals surface area contributed by atoms with Gasteiger partial charge in [0.1, 0.15) is 0 Å². The summed E-state index contributed by atoms with van der Waals surface area (Å²) in [7, 11) is 4.41. The molecule has 0 bridgehead atoms. The average Bonchev–Trinajstić information content (AvgIpc) is 2.63. The summed E-state index contributed by atoms with van der Waals surface area (Å²) in [6.07, 6.45) is 5.32. The molecule has 4 unspecified atom stereocenters. The van der Waals surface area contributed by atoms with Gasteiger partial charge in [-0.25, -0.2) is 0 Å². The second-order valence-corrected chi connectivity index (χ2v) is 6.44. The standard InChI is InChI=1S/C14H29N3/c1-11-8-17(10-14(11)16(2)3)9-12-6-4-5-7-13(12)15/h11-14H,4-10,15H2,1-3H3. The van der Waals surface area contributed by atoms with E-state index in [1.165, 1.54) is 45.3 Å². The molecule has 17 heavy (non-hydrogen) atoms. The van der Waals surface area contributed by atoms with Crippen LogP contribution in [0.2, 0.25) is 0 Å². The molecule has 1 aliphatic carbocycles. The van der Waals surface area contributed by atoms with Crippen molar-refractivity contribution < 1.29 is 0 Å². The fourth-order valence-electron chi connectivity index (χ4n) is 3.66.